The molecule has 27 heavy (non-hydrogen) atoms. The summed E-state index contributed by atoms with van der Waals surface area (Å²) in [5.74, 6) is 0.248. The molecule has 1 atom stereocenters. The van der Waals surface area contributed by atoms with Crippen LogP contribution < -0.4 is 15.4 Å². The number of carbonyl (C=O) groups excluding carboxylic acids is 1. The van der Waals surface area contributed by atoms with Crippen molar-refractivity contribution < 1.29 is 9.53 Å². The first-order valence-electron chi connectivity index (χ1n) is 8.85. The van der Waals surface area contributed by atoms with Crippen LogP contribution in [0.3, 0.4) is 0 Å². The molecule has 0 aliphatic carbocycles. The number of hydrogen-bond donors (Lipinski definition) is 2. The largest absolute Gasteiger partial charge is 0.488 e. The quantitative estimate of drug-likeness (QED) is 0.579. The Morgan fingerprint density at radius 2 is 2.26 bits per heavy atom. The maximum absolute atomic E-state index is 12.7. The highest BCUT2D eigenvalue weighted by Crippen LogP contribution is 2.30. The van der Waals surface area contributed by atoms with Gasteiger partial charge in [-0.3, -0.25) is 4.79 Å². The molecule has 2 heterocycles. The van der Waals surface area contributed by atoms with Gasteiger partial charge in [-0.15, -0.1) is 0 Å². The Morgan fingerprint density at radius 1 is 1.41 bits per heavy atom. The maximum Gasteiger partial charge on any atom is 0.261 e. The SMILES string of the molecule is CCNCCC(C)Oc1ccc(Cl)cc1NC(=O)c1cnn2cccnc12. The van der Waals surface area contributed by atoms with Gasteiger partial charge >= 0.3 is 0 Å². The van der Waals surface area contributed by atoms with Crippen LogP contribution in [0.2, 0.25) is 5.02 Å². The first kappa shape index (κ1) is 19.1. The summed E-state index contributed by atoms with van der Waals surface area (Å²) in [7, 11) is 0. The zero-order valence-corrected chi connectivity index (χ0v) is 16.0. The van der Waals surface area contributed by atoms with E-state index >= 15 is 0 Å². The molecular weight excluding hydrogens is 366 g/mol. The van der Waals surface area contributed by atoms with Gasteiger partial charge in [-0.05, 0) is 50.7 Å². The highest BCUT2D eigenvalue weighted by molar-refractivity contribution is 6.31. The number of halogens is 1. The van der Waals surface area contributed by atoms with E-state index in [1.807, 2.05) is 6.92 Å². The van der Waals surface area contributed by atoms with Gasteiger partial charge in [-0.1, -0.05) is 18.5 Å². The first-order chi connectivity index (χ1) is 13.1. The van der Waals surface area contributed by atoms with Crippen molar-refractivity contribution in [2.24, 2.45) is 0 Å². The van der Waals surface area contributed by atoms with Gasteiger partial charge in [0, 0.05) is 17.4 Å². The molecular formula is C19H22ClN5O2. The van der Waals surface area contributed by atoms with Crippen LogP contribution in [0, 0.1) is 0 Å². The highest BCUT2D eigenvalue weighted by atomic mass is 35.5. The summed E-state index contributed by atoms with van der Waals surface area (Å²) in [6, 6.07) is 6.92. The van der Waals surface area contributed by atoms with Gasteiger partial charge in [0.05, 0.1) is 18.0 Å². The Labute approximate surface area is 162 Å². The van der Waals surface area contributed by atoms with Crippen LogP contribution in [0.1, 0.15) is 30.6 Å². The lowest BCUT2D eigenvalue weighted by atomic mass is 10.2. The van der Waals surface area contributed by atoms with Crippen molar-refractivity contribution in [3.05, 3.63) is 53.4 Å². The molecule has 3 aromatic rings. The fourth-order valence-electron chi connectivity index (χ4n) is 2.64. The highest BCUT2D eigenvalue weighted by Gasteiger charge is 2.17. The average Bonchev–Trinajstić information content (AvgIpc) is 3.08. The Morgan fingerprint density at radius 3 is 3.07 bits per heavy atom. The van der Waals surface area contributed by atoms with Gasteiger partial charge in [0.15, 0.2) is 5.65 Å². The standard InChI is InChI=1S/C19H22ClN5O2/c1-3-21-9-7-13(2)27-17-6-5-14(20)11-16(17)24-19(26)15-12-23-25-10-4-8-22-18(15)25/h4-6,8,10-13,21H,3,7,9H2,1-2H3,(H,24,26). The summed E-state index contributed by atoms with van der Waals surface area (Å²) in [5.41, 5.74) is 1.37. The van der Waals surface area contributed by atoms with Crippen molar-refractivity contribution in [2.75, 3.05) is 18.4 Å². The number of ether oxygens (including phenoxy) is 1. The van der Waals surface area contributed by atoms with E-state index in [9.17, 15) is 4.79 Å². The van der Waals surface area contributed by atoms with Gasteiger partial charge in [0.25, 0.3) is 5.91 Å². The lowest BCUT2D eigenvalue weighted by Crippen LogP contribution is -2.22. The minimum atomic E-state index is -0.323. The van der Waals surface area contributed by atoms with Crippen LogP contribution in [0.5, 0.6) is 5.75 Å². The Bertz CT molecular complexity index is 927. The predicted octanol–water partition coefficient (Wildman–Crippen LogP) is 3.40. The number of rotatable bonds is 8. The number of aromatic nitrogens is 3. The summed E-state index contributed by atoms with van der Waals surface area (Å²) < 4.78 is 7.55. The zero-order valence-electron chi connectivity index (χ0n) is 15.3. The fourth-order valence-corrected chi connectivity index (χ4v) is 2.81. The summed E-state index contributed by atoms with van der Waals surface area (Å²) in [6.45, 7) is 5.84. The number of nitrogens with one attached hydrogen (secondary N) is 2. The molecule has 0 aliphatic rings. The summed E-state index contributed by atoms with van der Waals surface area (Å²) in [5, 5.41) is 10.8. The van der Waals surface area contributed by atoms with Gasteiger partial charge < -0.3 is 15.4 Å². The molecule has 7 nitrogen and oxygen atoms in total. The molecule has 0 saturated heterocycles. The Hall–Kier alpha value is -2.64. The minimum absolute atomic E-state index is 0.0143. The smallest absolute Gasteiger partial charge is 0.261 e. The molecule has 8 heteroatoms. The van der Waals surface area contributed by atoms with Crippen molar-refractivity contribution in [2.45, 2.75) is 26.4 Å². The number of benzene rings is 1. The van der Waals surface area contributed by atoms with Crippen molar-refractivity contribution in [3.8, 4) is 5.75 Å². The number of amides is 1. The van der Waals surface area contributed by atoms with Crippen molar-refractivity contribution in [1.82, 2.24) is 19.9 Å². The van der Waals surface area contributed by atoms with Crippen LogP contribution in [0.15, 0.2) is 42.9 Å². The lowest BCUT2D eigenvalue weighted by Gasteiger charge is -2.18. The number of anilines is 1. The van der Waals surface area contributed by atoms with Crippen molar-refractivity contribution in [3.63, 3.8) is 0 Å². The summed E-state index contributed by atoms with van der Waals surface area (Å²) >= 11 is 6.11. The molecule has 0 aliphatic heterocycles. The van der Waals surface area contributed by atoms with E-state index in [2.05, 4.69) is 27.6 Å². The Kier molecular flexibility index (Phi) is 6.26. The molecule has 1 amide bonds. The predicted molar refractivity (Wildman–Crippen MR) is 106 cm³/mol. The maximum atomic E-state index is 12.7. The molecule has 142 valence electrons. The normalized spacial score (nSPS) is 12.1. The van der Waals surface area contributed by atoms with E-state index < -0.39 is 0 Å². The zero-order chi connectivity index (χ0) is 19.2. The van der Waals surface area contributed by atoms with E-state index in [-0.39, 0.29) is 12.0 Å². The van der Waals surface area contributed by atoms with Gasteiger partial charge in [0.2, 0.25) is 0 Å². The first-order valence-corrected chi connectivity index (χ1v) is 9.23. The second-order valence-electron chi connectivity index (χ2n) is 6.11. The van der Waals surface area contributed by atoms with E-state index in [4.69, 9.17) is 16.3 Å². The number of carbonyl (C=O) groups is 1. The molecule has 0 spiro atoms. The van der Waals surface area contributed by atoms with Gasteiger partial charge in [0.1, 0.15) is 11.3 Å². The molecule has 0 radical (unpaired) electrons. The topological polar surface area (TPSA) is 80.5 Å². The van der Waals surface area contributed by atoms with Crippen molar-refractivity contribution >= 4 is 28.8 Å². The van der Waals surface area contributed by atoms with Gasteiger partial charge in [-0.25, -0.2) is 9.50 Å². The minimum Gasteiger partial charge on any atom is -0.488 e. The van der Waals surface area contributed by atoms with E-state index in [1.54, 1.807) is 41.2 Å². The third kappa shape index (κ3) is 4.75. The molecule has 2 aromatic heterocycles. The number of hydrogen-bond acceptors (Lipinski definition) is 5. The third-order valence-electron chi connectivity index (χ3n) is 4.02. The van der Waals surface area contributed by atoms with Gasteiger partial charge in [-0.2, -0.15) is 5.10 Å². The molecule has 2 N–H and O–H groups in total. The Balaban J connectivity index is 1.77. The summed E-state index contributed by atoms with van der Waals surface area (Å²) in [4.78, 5) is 16.9. The second-order valence-corrected chi connectivity index (χ2v) is 6.55. The monoisotopic (exact) mass is 387 g/mol. The van der Waals surface area contributed by atoms with E-state index in [1.165, 1.54) is 6.20 Å². The lowest BCUT2D eigenvalue weighted by molar-refractivity contribution is 0.102. The van der Waals surface area contributed by atoms with Crippen LogP contribution in [0.4, 0.5) is 5.69 Å². The fraction of sp³-hybridized carbons (Fsp3) is 0.316. The van der Waals surface area contributed by atoms with E-state index in [0.717, 1.165) is 19.5 Å². The number of nitrogens with zero attached hydrogens (tertiary/aromatic N) is 3. The molecule has 1 aromatic carbocycles. The second kappa shape index (κ2) is 8.83. The number of fused-ring (bicyclic) bond motifs is 1. The van der Waals surface area contributed by atoms with Crippen LogP contribution >= 0.6 is 11.6 Å². The van der Waals surface area contributed by atoms with Crippen LogP contribution in [-0.2, 0) is 0 Å². The molecule has 3 rings (SSSR count). The van der Waals surface area contributed by atoms with E-state index in [0.29, 0.717) is 27.7 Å². The molecule has 0 fully saturated rings. The molecule has 0 bridgehead atoms. The third-order valence-corrected chi connectivity index (χ3v) is 4.25. The van der Waals surface area contributed by atoms with Crippen LogP contribution in [0.25, 0.3) is 5.65 Å². The van der Waals surface area contributed by atoms with Crippen LogP contribution in [-0.4, -0.2) is 39.7 Å². The van der Waals surface area contributed by atoms with Crippen molar-refractivity contribution in [1.29, 1.82) is 0 Å². The molecule has 0 saturated carbocycles. The molecule has 1 unspecified atom stereocenters. The summed E-state index contributed by atoms with van der Waals surface area (Å²) in [6.07, 6.45) is 5.68. The average molecular weight is 388 g/mol.